The average Bonchev–Trinajstić information content (AvgIpc) is 2.78. The first kappa shape index (κ1) is 24.3. The number of unbranched alkanes of at least 4 members (excludes halogenated alkanes) is 2. The van der Waals surface area contributed by atoms with E-state index in [1.54, 1.807) is 0 Å². The minimum atomic E-state index is 0. The summed E-state index contributed by atoms with van der Waals surface area (Å²) >= 11 is 6.16. The Morgan fingerprint density at radius 2 is 1.65 bits per heavy atom. The van der Waals surface area contributed by atoms with Gasteiger partial charge in [-0.25, -0.2) is 0 Å². The number of anilines is 2. The number of benzene rings is 2. The Morgan fingerprint density at radius 1 is 0.903 bits per heavy atom. The molecule has 1 saturated carbocycles. The molecule has 1 aromatic heterocycles. The monoisotopic (exact) mass is 549 g/mol. The van der Waals surface area contributed by atoms with Crippen LogP contribution in [-0.2, 0) is 7.05 Å². The van der Waals surface area contributed by atoms with E-state index in [1.165, 1.54) is 80.1 Å². The van der Waals surface area contributed by atoms with Gasteiger partial charge in [-0.2, -0.15) is 4.57 Å². The van der Waals surface area contributed by atoms with Gasteiger partial charge in [0.05, 0.1) is 0 Å². The molecule has 1 aliphatic rings. The van der Waals surface area contributed by atoms with Gasteiger partial charge in [-0.05, 0) is 48.7 Å². The van der Waals surface area contributed by atoms with Gasteiger partial charge in [0.15, 0.2) is 6.20 Å². The van der Waals surface area contributed by atoms with Crippen LogP contribution in [0.2, 0.25) is 5.02 Å². The van der Waals surface area contributed by atoms with Crippen LogP contribution in [-0.4, -0.2) is 6.54 Å². The highest BCUT2D eigenvalue weighted by molar-refractivity contribution is 14.0. The van der Waals surface area contributed by atoms with Gasteiger partial charge in [0, 0.05) is 28.7 Å². The standard InChI is InChI=1S/C27H34ClN2.HI/c1-29-21-26(20-23-13-7-8-14-27(23)29)30(25-17-15-24(28)16-18-25)19-9-3-6-12-22-10-4-2-5-11-22;/h7-8,13-18,20-22H,2-6,9-12,19H2,1H3;1H/q+1;. The van der Waals surface area contributed by atoms with E-state index in [4.69, 9.17) is 11.6 Å². The predicted molar refractivity (Wildman–Crippen MR) is 144 cm³/mol. The maximum Gasteiger partial charge on any atom is 0.212 e. The van der Waals surface area contributed by atoms with E-state index in [0.717, 1.165) is 17.5 Å². The highest BCUT2D eigenvalue weighted by atomic mass is 127. The van der Waals surface area contributed by atoms with E-state index in [-0.39, 0.29) is 24.0 Å². The maximum absolute atomic E-state index is 6.16. The van der Waals surface area contributed by atoms with E-state index in [0.29, 0.717) is 0 Å². The van der Waals surface area contributed by atoms with Crippen molar-refractivity contribution < 1.29 is 4.57 Å². The van der Waals surface area contributed by atoms with Crippen LogP contribution in [0.1, 0.15) is 57.8 Å². The SMILES string of the molecule is C[n+]1cc(N(CCCCCC2CCCCC2)c2ccc(Cl)cc2)cc2ccccc21.I. The molecule has 2 nitrogen and oxygen atoms in total. The summed E-state index contributed by atoms with van der Waals surface area (Å²) in [5.74, 6) is 0.991. The number of hydrogen-bond acceptors (Lipinski definition) is 1. The van der Waals surface area contributed by atoms with Crippen molar-refractivity contribution in [2.75, 3.05) is 11.4 Å². The van der Waals surface area contributed by atoms with Gasteiger partial charge in [0.25, 0.3) is 0 Å². The number of rotatable bonds is 8. The van der Waals surface area contributed by atoms with Gasteiger partial charge >= 0.3 is 0 Å². The zero-order valence-electron chi connectivity index (χ0n) is 18.6. The lowest BCUT2D eigenvalue weighted by molar-refractivity contribution is -0.644. The molecule has 166 valence electrons. The first-order valence-corrected chi connectivity index (χ1v) is 12.0. The lowest BCUT2D eigenvalue weighted by Gasteiger charge is -2.25. The molecule has 2 aromatic carbocycles. The van der Waals surface area contributed by atoms with Gasteiger partial charge in [-0.1, -0.05) is 75.1 Å². The summed E-state index contributed by atoms with van der Waals surface area (Å²) in [4.78, 5) is 2.45. The van der Waals surface area contributed by atoms with Gasteiger partial charge in [0.1, 0.15) is 12.7 Å². The van der Waals surface area contributed by atoms with Crippen molar-refractivity contribution in [3.63, 3.8) is 0 Å². The third-order valence-electron chi connectivity index (χ3n) is 6.61. The second-order valence-electron chi connectivity index (χ2n) is 8.85. The highest BCUT2D eigenvalue weighted by Gasteiger charge is 2.16. The van der Waals surface area contributed by atoms with Crippen molar-refractivity contribution in [1.29, 1.82) is 0 Å². The Hall–Kier alpha value is -1.33. The molecule has 4 heteroatoms. The summed E-state index contributed by atoms with van der Waals surface area (Å²) in [5, 5.41) is 2.06. The van der Waals surface area contributed by atoms with Crippen molar-refractivity contribution in [1.82, 2.24) is 0 Å². The highest BCUT2D eigenvalue weighted by Crippen LogP contribution is 2.30. The average molecular weight is 550 g/mol. The number of halogens is 2. The second-order valence-corrected chi connectivity index (χ2v) is 9.29. The molecular weight excluding hydrogens is 515 g/mol. The molecule has 0 bridgehead atoms. The Balaban J connectivity index is 0.00000272. The molecule has 0 N–H and O–H groups in total. The van der Waals surface area contributed by atoms with E-state index in [2.05, 4.69) is 65.2 Å². The summed E-state index contributed by atoms with van der Waals surface area (Å²) < 4.78 is 2.23. The molecule has 31 heavy (non-hydrogen) atoms. The lowest BCUT2D eigenvalue weighted by Crippen LogP contribution is -2.31. The van der Waals surface area contributed by atoms with Crippen molar-refractivity contribution in [3.8, 4) is 0 Å². The fourth-order valence-electron chi connectivity index (χ4n) is 4.93. The van der Waals surface area contributed by atoms with Crippen LogP contribution in [0, 0.1) is 5.92 Å². The van der Waals surface area contributed by atoms with E-state index in [1.807, 2.05) is 12.1 Å². The first-order valence-electron chi connectivity index (χ1n) is 11.6. The molecular formula is C27H35ClIN2+. The van der Waals surface area contributed by atoms with Crippen LogP contribution in [0.25, 0.3) is 10.9 Å². The normalized spacial score (nSPS) is 14.4. The Labute approximate surface area is 209 Å². The fourth-order valence-corrected chi connectivity index (χ4v) is 5.05. The van der Waals surface area contributed by atoms with Crippen LogP contribution >= 0.6 is 35.6 Å². The summed E-state index contributed by atoms with van der Waals surface area (Å²) in [6.45, 7) is 1.03. The Kier molecular flexibility index (Phi) is 9.46. The van der Waals surface area contributed by atoms with E-state index >= 15 is 0 Å². The van der Waals surface area contributed by atoms with Crippen LogP contribution in [0.15, 0.2) is 60.8 Å². The van der Waals surface area contributed by atoms with Crippen LogP contribution in [0.5, 0.6) is 0 Å². The minimum absolute atomic E-state index is 0. The molecule has 0 unspecified atom stereocenters. The maximum atomic E-state index is 6.16. The van der Waals surface area contributed by atoms with Crippen molar-refractivity contribution in [2.24, 2.45) is 13.0 Å². The molecule has 1 aliphatic carbocycles. The fraction of sp³-hybridized carbons (Fsp3) is 0.444. The van der Waals surface area contributed by atoms with Crippen molar-refractivity contribution in [3.05, 3.63) is 65.8 Å². The molecule has 0 amide bonds. The molecule has 1 heterocycles. The Bertz CT molecular complexity index is 951. The lowest BCUT2D eigenvalue weighted by atomic mass is 9.85. The number of nitrogens with zero attached hydrogens (tertiary/aromatic N) is 2. The summed E-state index contributed by atoms with van der Waals surface area (Å²) in [6.07, 6.45) is 14.8. The first-order chi connectivity index (χ1) is 14.7. The molecule has 0 atom stereocenters. The van der Waals surface area contributed by atoms with Crippen LogP contribution in [0.3, 0.4) is 0 Å². The molecule has 0 spiro atoms. The molecule has 0 radical (unpaired) electrons. The van der Waals surface area contributed by atoms with Gasteiger partial charge in [-0.15, -0.1) is 24.0 Å². The number of pyridine rings is 1. The quantitative estimate of drug-likeness (QED) is 0.156. The van der Waals surface area contributed by atoms with Gasteiger partial charge in [0.2, 0.25) is 5.52 Å². The topological polar surface area (TPSA) is 7.12 Å². The predicted octanol–water partition coefficient (Wildman–Crippen LogP) is 8.21. The summed E-state index contributed by atoms with van der Waals surface area (Å²) in [5.41, 5.74) is 3.71. The number of fused-ring (bicyclic) bond motifs is 1. The van der Waals surface area contributed by atoms with Gasteiger partial charge < -0.3 is 4.90 Å². The zero-order chi connectivity index (χ0) is 20.8. The van der Waals surface area contributed by atoms with Crippen LogP contribution < -0.4 is 9.47 Å². The second kappa shape index (κ2) is 12.1. The third kappa shape index (κ3) is 6.58. The number of hydrogen-bond donors (Lipinski definition) is 0. The molecule has 1 fully saturated rings. The smallest absolute Gasteiger partial charge is 0.212 e. The molecule has 0 aliphatic heterocycles. The summed E-state index contributed by atoms with van der Waals surface area (Å²) in [7, 11) is 2.13. The van der Waals surface area contributed by atoms with Crippen molar-refractivity contribution in [2.45, 2.75) is 57.8 Å². The Morgan fingerprint density at radius 3 is 2.42 bits per heavy atom. The van der Waals surface area contributed by atoms with E-state index < -0.39 is 0 Å². The zero-order valence-corrected chi connectivity index (χ0v) is 21.7. The molecule has 4 rings (SSSR count). The third-order valence-corrected chi connectivity index (χ3v) is 6.87. The van der Waals surface area contributed by atoms with Gasteiger partial charge in [-0.3, -0.25) is 0 Å². The summed E-state index contributed by atoms with van der Waals surface area (Å²) in [6, 6.07) is 19.2. The molecule has 0 saturated heterocycles. The van der Waals surface area contributed by atoms with Crippen LogP contribution in [0.4, 0.5) is 11.4 Å². The number of aromatic nitrogens is 1. The largest absolute Gasteiger partial charge is 0.337 e. The molecule has 3 aromatic rings. The number of aryl methyl sites for hydroxylation is 1. The minimum Gasteiger partial charge on any atom is -0.337 e. The van der Waals surface area contributed by atoms with Crippen molar-refractivity contribution >= 4 is 57.9 Å². The van der Waals surface area contributed by atoms with E-state index in [9.17, 15) is 0 Å². The number of para-hydroxylation sites is 1.